The van der Waals surface area contributed by atoms with Crippen molar-refractivity contribution in [3.05, 3.63) is 104 Å². The lowest BCUT2D eigenvalue weighted by molar-refractivity contribution is -0.161. The minimum Gasteiger partial charge on any atom is -0.481 e. The molecule has 1 aliphatic heterocycles. The number of piperidine rings is 1. The monoisotopic (exact) mass is 540 g/mol. The minimum absolute atomic E-state index is 0.159. The number of carboxylic acid groups (broad SMARTS) is 1. The SMILES string of the molecule is CCC(Cn1ccccc1=O)N1C(=O)[C@@](C)(CC(=O)O)C[C@H](c2cccc(Cl)c2)[C@H]1c1ccc(Cl)cc1. The number of aliphatic carboxylic acids is 1. The quantitative estimate of drug-likeness (QED) is 0.370. The van der Waals surface area contributed by atoms with E-state index in [1.807, 2.05) is 42.2 Å². The van der Waals surface area contributed by atoms with Crippen molar-refractivity contribution in [2.24, 2.45) is 5.41 Å². The normalized spacial score (nSPS) is 22.6. The molecule has 8 heteroatoms. The topological polar surface area (TPSA) is 79.6 Å². The third kappa shape index (κ3) is 5.76. The summed E-state index contributed by atoms with van der Waals surface area (Å²) in [5.41, 5.74) is 0.511. The van der Waals surface area contributed by atoms with Crippen LogP contribution in [0.15, 0.2) is 77.7 Å². The van der Waals surface area contributed by atoms with E-state index in [1.54, 1.807) is 48.0 Å². The minimum atomic E-state index is -1.14. The van der Waals surface area contributed by atoms with E-state index >= 15 is 0 Å². The van der Waals surface area contributed by atoms with Gasteiger partial charge in [-0.15, -0.1) is 0 Å². The number of rotatable bonds is 8. The molecule has 0 radical (unpaired) electrons. The summed E-state index contributed by atoms with van der Waals surface area (Å²) in [5.74, 6) is -1.50. The van der Waals surface area contributed by atoms with Gasteiger partial charge in [-0.3, -0.25) is 14.4 Å². The first-order chi connectivity index (χ1) is 17.6. The van der Waals surface area contributed by atoms with Crippen molar-refractivity contribution in [2.75, 3.05) is 0 Å². The Morgan fingerprint density at radius 1 is 1.03 bits per heavy atom. The fraction of sp³-hybridized carbons (Fsp3) is 0.345. The first-order valence-corrected chi connectivity index (χ1v) is 13.1. The maximum Gasteiger partial charge on any atom is 0.304 e. The molecule has 0 aliphatic carbocycles. The zero-order valence-electron chi connectivity index (χ0n) is 20.8. The molecular formula is C29H30Cl2N2O4. The maximum absolute atomic E-state index is 14.3. The Hall–Kier alpha value is -3.09. The van der Waals surface area contributed by atoms with Crippen molar-refractivity contribution in [2.45, 2.75) is 57.7 Å². The molecule has 3 aromatic rings. The number of carbonyl (C=O) groups excluding carboxylic acids is 1. The molecule has 194 valence electrons. The second-order valence-electron chi connectivity index (χ2n) is 9.96. The van der Waals surface area contributed by atoms with Crippen LogP contribution in [-0.2, 0) is 16.1 Å². The van der Waals surface area contributed by atoms with Crippen molar-refractivity contribution < 1.29 is 14.7 Å². The lowest BCUT2D eigenvalue weighted by Gasteiger charge is -2.52. The van der Waals surface area contributed by atoms with Crippen LogP contribution in [-0.4, -0.2) is 32.5 Å². The standard InChI is InChI=1S/C29H30Cl2N2O4/c1-3-23(18-32-14-5-4-9-25(32)34)33-27(19-10-12-21(30)13-11-19)24(20-7-6-8-22(31)15-20)16-29(2,28(33)37)17-26(35)36/h4-15,23-24,27H,3,16-18H2,1-2H3,(H,35,36)/t23?,24-,27-,29-/m1/s1. The van der Waals surface area contributed by atoms with Crippen LogP contribution in [0.4, 0.5) is 0 Å². The van der Waals surface area contributed by atoms with Crippen molar-refractivity contribution in [1.82, 2.24) is 9.47 Å². The van der Waals surface area contributed by atoms with Gasteiger partial charge in [-0.2, -0.15) is 0 Å². The number of halogens is 2. The molecule has 1 N–H and O–H groups in total. The van der Waals surface area contributed by atoms with Gasteiger partial charge in [-0.05, 0) is 54.3 Å². The third-order valence-corrected chi connectivity index (χ3v) is 7.79. The highest BCUT2D eigenvalue weighted by Gasteiger charge is 2.52. The fourth-order valence-electron chi connectivity index (χ4n) is 5.53. The van der Waals surface area contributed by atoms with E-state index in [-0.39, 0.29) is 36.4 Å². The molecule has 0 saturated carbocycles. The van der Waals surface area contributed by atoms with Gasteiger partial charge in [-0.1, -0.05) is 67.4 Å². The number of carboxylic acids is 1. The van der Waals surface area contributed by atoms with Crippen LogP contribution in [0.3, 0.4) is 0 Å². The van der Waals surface area contributed by atoms with Gasteiger partial charge in [0.05, 0.1) is 23.9 Å². The van der Waals surface area contributed by atoms with E-state index < -0.39 is 17.4 Å². The molecule has 37 heavy (non-hydrogen) atoms. The molecular weight excluding hydrogens is 511 g/mol. The summed E-state index contributed by atoms with van der Waals surface area (Å²) in [6, 6.07) is 19.1. The van der Waals surface area contributed by atoms with Gasteiger partial charge >= 0.3 is 5.97 Å². The lowest BCUT2D eigenvalue weighted by Crippen LogP contribution is -2.57. The average Bonchev–Trinajstić information content (AvgIpc) is 2.85. The van der Waals surface area contributed by atoms with Crippen LogP contribution < -0.4 is 5.56 Å². The predicted octanol–water partition coefficient (Wildman–Crippen LogP) is 6.17. The van der Waals surface area contributed by atoms with Gasteiger partial charge in [-0.25, -0.2) is 0 Å². The van der Waals surface area contributed by atoms with Crippen LogP contribution in [0.25, 0.3) is 0 Å². The molecule has 4 rings (SSSR count). The number of pyridine rings is 1. The van der Waals surface area contributed by atoms with Gasteiger partial charge in [0, 0.05) is 34.8 Å². The Bertz CT molecular complexity index is 1340. The first kappa shape index (κ1) is 27.0. The first-order valence-electron chi connectivity index (χ1n) is 12.3. The molecule has 6 nitrogen and oxygen atoms in total. The van der Waals surface area contributed by atoms with Gasteiger partial charge in [0.2, 0.25) is 5.91 Å². The third-order valence-electron chi connectivity index (χ3n) is 7.30. The van der Waals surface area contributed by atoms with Crippen molar-refractivity contribution >= 4 is 35.1 Å². The second kappa shape index (κ2) is 11.1. The molecule has 1 aromatic heterocycles. The Labute approximate surface area is 226 Å². The van der Waals surface area contributed by atoms with Crippen LogP contribution in [0.5, 0.6) is 0 Å². The molecule has 1 saturated heterocycles. The Kier molecular flexibility index (Phi) is 8.10. The number of hydrogen-bond donors (Lipinski definition) is 1. The molecule has 2 aromatic carbocycles. The van der Waals surface area contributed by atoms with Gasteiger partial charge < -0.3 is 14.6 Å². The van der Waals surface area contributed by atoms with Gasteiger partial charge in [0.25, 0.3) is 5.56 Å². The number of benzene rings is 2. The number of aromatic nitrogens is 1. The van der Waals surface area contributed by atoms with E-state index in [0.29, 0.717) is 22.9 Å². The largest absolute Gasteiger partial charge is 0.481 e. The highest BCUT2D eigenvalue weighted by molar-refractivity contribution is 6.30. The molecule has 1 unspecified atom stereocenters. The summed E-state index contributed by atoms with van der Waals surface area (Å²) in [5, 5.41) is 10.9. The molecule has 1 amide bonds. The average molecular weight is 541 g/mol. The zero-order valence-corrected chi connectivity index (χ0v) is 22.3. The maximum atomic E-state index is 14.3. The molecule has 1 aliphatic rings. The summed E-state index contributed by atoms with van der Waals surface area (Å²) in [7, 11) is 0. The summed E-state index contributed by atoms with van der Waals surface area (Å²) < 4.78 is 1.60. The number of nitrogens with zero attached hydrogens (tertiary/aromatic N) is 2. The number of amides is 1. The van der Waals surface area contributed by atoms with Crippen LogP contribution in [0, 0.1) is 5.41 Å². The van der Waals surface area contributed by atoms with Crippen LogP contribution in [0.1, 0.15) is 56.2 Å². The molecule has 1 fully saturated rings. The van der Waals surface area contributed by atoms with E-state index in [2.05, 4.69) is 0 Å². The lowest BCUT2D eigenvalue weighted by atomic mass is 9.67. The summed E-state index contributed by atoms with van der Waals surface area (Å²) in [6.07, 6.45) is 2.32. The number of carbonyl (C=O) groups is 2. The van der Waals surface area contributed by atoms with Crippen molar-refractivity contribution in [3.63, 3.8) is 0 Å². The summed E-state index contributed by atoms with van der Waals surface area (Å²) >= 11 is 12.6. The van der Waals surface area contributed by atoms with Crippen molar-refractivity contribution in [1.29, 1.82) is 0 Å². The Balaban J connectivity index is 1.91. The number of hydrogen-bond acceptors (Lipinski definition) is 3. The Morgan fingerprint density at radius 3 is 2.38 bits per heavy atom. The predicted molar refractivity (Wildman–Crippen MR) is 145 cm³/mol. The molecule has 4 atom stereocenters. The van der Waals surface area contributed by atoms with Gasteiger partial charge in [0.1, 0.15) is 0 Å². The summed E-state index contributed by atoms with van der Waals surface area (Å²) in [6.45, 7) is 3.99. The molecule has 2 heterocycles. The second-order valence-corrected chi connectivity index (χ2v) is 10.8. The van der Waals surface area contributed by atoms with E-state index in [9.17, 15) is 19.5 Å². The van der Waals surface area contributed by atoms with E-state index in [0.717, 1.165) is 11.1 Å². The van der Waals surface area contributed by atoms with Gasteiger partial charge in [0.15, 0.2) is 0 Å². The Morgan fingerprint density at radius 2 is 1.76 bits per heavy atom. The van der Waals surface area contributed by atoms with Crippen LogP contribution in [0.2, 0.25) is 10.0 Å². The smallest absolute Gasteiger partial charge is 0.304 e. The van der Waals surface area contributed by atoms with Crippen molar-refractivity contribution in [3.8, 4) is 0 Å². The molecule has 0 spiro atoms. The molecule has 0 bridgehead atoms. The van der Waals surface area contributed by atoms with Crippen LogP contribution >= 0.6 is 23.2 Å². The highest BCUT2D eigenvalue weighted by Crippen LogP contribution is 2.52. The zero-order chi connectivity index (χ0) is 26.7. The number of likely N-dealkylation sites (tertiary alicyclic amines) is 1. The highest BCUT2D eigenvalue weighted by atomic mass is 35.5. The fourth-order valence-corrected chi connectivity index (χ4v) is 5.86. The van der Waals surface area contributed by atoms with E-state index in [4.69, 9.17) is 23.2 Å². The van der Waals surface area contributed by atoms with E-state index in [1.165, 1.54) is 6.07 Å². The summed E-state index contributed by atoms with van der Waals surface area (Å²) in [4.78, 5) is 40.6.